The van der Waals surface area contributed by atoms with Crippen LogP contribution in [0.15, 0.2) is 6.07 Å². The van der Waals surface area contributed by atoms with Crippen molar-refractivity contribution in [2.45, 2.75) is 77.7 Å². The highest BCUT2D eigenvalue weighted by atomic mass is 16.3. The number of hydrogen-bond acceptors (Lipinski definition) is 3. The van der Waals surface area contributed by atoms with Gasteiger partial charge < -0.3 is 15.3 Å². The van der Waals surface area contributed by atoms with Crippen molar-refractivity contribution in [1.29, 1.82) is 0 Å². The van der Waals surface area contributed by atoms with Crippen LogP contribution >= 0.6 is 0 Å². The highest BCUT2D eigenvalue weighted by Crippen LogP contribution is 2.53. The summed E-state index contributed by atoms with van der Waals surface area (Å²) in [5.41, 5.74) is 2.01. The maximum atomic E-state index is 11.4. The lowest BCUT2D eigenvalue weighted by atomic mass is 9.59. The van der Waals surface area contributed by atoms with Gasteiger partial charge in [-0.15, -0.1) is 0 Å². The van der Waals surface area contributed by atoms with Gasteiger partial charge in [-0.2, -0.15) is 0 Å². The second kappa shape index (κ2) is 5.41. The van der Waals surface area contributed by atoms with Crippen molar-refractivity contribution in [3.8, 4) is 11.5 Å². The number of phenols is 2. The smallest absolute Gasteiger partial charge is 0.161 e. The van der Waals surface area contributed by atoms with Crippen molar-refractivity contribution in [1.82, 2.24) is 0 Å². The molecule has 0 amide bonds. The number of fused-ring (bicyclic) bond motifs is 2. The lowest BCUT2D eigenvalue weighted by Gasteiger charge is -2.49. The van der Waals surface area contributed by atoms with Gasteiger partial charge in [-0.1, -0.05) is 40.2 Å². The standard InChI is InChI=1S/C20H30O3/c1-12(2)14-10-13-6-7-16-19(3,4)8-5-9-20(16,23)11-15(13)18(22)17(14)21/h10,12,16,21-23H,5-9,11H2,1-4H3/t16?,20-/m0/s1. The minimum Gasteiger partial charge on any atom is -0.504 e. The van der Waals surface area contributed by atoms with E-state index in [0.29, 0.717) is 6.42 Å². The number of hydrogen-bond donors (Lipinski definition) is 3. The average molecular weight is 318 g/mol. The van der Waals surface area contributed by atoms with Crippen LogP contribution in [0.25, 0.3) is 0 Å². The third kappa shape index (κ3) is 2.63. The molecule has 0 aliphatic heterocycles. The molecule has 1 fully saturated rings. The highest BCUT2D eigenvalue weighted by Gasteiger charge is 2.49. The van der Waals surface area contributed by atoms with E-state index in [1.54, 1.807) is 0 Å². The first-order valence-electron chi connectivity index (χ1n) is 8.94. The summed E-state index contributed by atoms with van der Waals surface area (Å²) in [7, 11) is 0. The number of aliphatic hydroxyl groups is 1. The molecule has 128 valence electrons. The summed E-state index contributed by atoms with van der Waals surface area (Å²) in [5, 5.41) is 32.3. The van der Waals surface area contributed by atoms with Crippen molar-refractivity contribution >= 4 is 0 Å². The Morgan fingerprint density at radius 2 is 1.83 bits per heavy atom. The summed E-state index contributed by atoms with van der Waals surface area (Å²) in [4.78, 5) is 0. The predicted molar refractivity (Wildman–Crippen MR) is 92.0 cm³/mol. The van der Waals surface area contributed by atoms with Crippen molar-refractivity contribution in [3.05, 3.63) is 22.8 Å². The highest BCUT2D eigenvalue weighted by molar-refractivity contribution is 5.56. The molecule has 2 aliphatic carbocycles. The minimum absolute atomic E-state index is 0.00382. The van der Waals surface area contributed by atoms with Crippen LogP contribution in [0, 0.1) is 11.3 Å². The van der Waals surface area contributed by atoms with Gasteiger partial charge in [0.15, 0.2) is 11.5 Å². The molecule has 3 nitrogen and oxygen atoms in total. The number of aryl methyl sites for hydroxylation is 1. The van der Waals surface area contributed by atoms with Gasteiger partial charge in [0.1, 0.15) is 0 Å². The summed E-state index contributed by atoms with van der Waals surface area (Å²) < 4.78 is 0. The third-order valence-corrected chi connectivity index (χ3v) is 6.33. The molecule has 1 aromatic rings. The first kappa shape index (κ1) is 16.6. The van der Waals surface area contributed by atoms with Gasteiger partial charge in [0.2, 0.25) is 0 Å². The van der Waals surface area contributed by atoms with E-state index in [4.69, 9.17) is 0 Å². The second-order valence-electron chi connectivity index (χ2n) is 8.67. The van der Waals surface area contributed by atoms with Gasteiger partial charge in [0, 0.05) is 17.5 Å². The SMILES string of the molecule is CC(C)c1cc2c(c(O)c1O)C[C@@]1(O)CCCC(C)(C)C1CC2. The van der Waals surface area contributed by atoms with Crippen LogP contribution in [0.5, 0.6) is 11.5 Å². The summed E-state index contributed by atoms with van der Waals surface area (Å²) in [5.74, 6) is 0.385. The molecule has 0 saturated heterocycles. The Balaban J connectivity index is 2.09. The predicted octanol–water partition coefficient (Wildman–Crippen LogP) is 4.27. The number of benzene rings is 1. The van der Waals surface area contributed by atoms with Gasteiger partial charge in [-0.3, -0.25) is 0 Å². The Bertz CT molecular complexity index is 618. The van der Waals surface area contributed by atoms with Crippen LogP contribution < -0.4 is 0 Å². The van der Waals surface area contributed by atoms with Crippen LogP contribution in [0.3, 0.4) is 0 Å². The Labute approximate surface area is 139 Å². The molecular formula is C20H30O3. The van der Waals surface area contributed by atoms with Gasteiger partial charge in [0.25, 0.3) is 0 Å². The fourth-order valence-corrected chi connectivity index (χ4v) is 5.04. The molecule has 3 heteroatoms. The number of rotatable bonds is 1. The van der Waals surface area contributed by atoms with E-state index in [0.717, 1.165) is 48.8 Å². The molecule has 2 atom stereocenters. The monoisotopic (exact) mass is 318 g/mol. The quantitative estimate of drug-likeness (QED) is 0.678. The lowest BCUT2D eigenvalue weighted by molar-refractivity contribution is -0.102. The van der Waals surface area contributed by atoms with Crippen LogP contribution in [-0.2, 0) is 12.8 Å². The van der Waals surface area contributed by atoms with E-state index >= 15 is 0 Å². The molecule has 1 unspecified atom stereocenters. The van der Waals surface area contributed by atoms with E-state index in [1.165, 1.54) is 0 Å². The first-order chi connectivity index (χ1) is 10.7. The minimum atomic E-state index is -0.768. The molecule has 3 rings (SSSR count). The fraction of sp³-hybridized carbons (Fsp3) is 0.700. The topological polar surface area (TPSA) is 60.7 Å². The van der Waals surface area contributed by atoms with Crippen molar-refractivity contribution in [3.63, 3.8) is 0 Å². The second-order valence-corrected chi connectivity index (χ2v) is 8.67. The molecule has 23 heavy (non-hydrogen) atoms. The molecular weight excluding hydrogens is 288 g/mol. The molecule has 1 saturated carbocycles. The normalized spacial score (nSPS) is 29.7. The molecule has 0 spiro atoms. The fourth-order valence-electron chi connectivity index (χ4n) is 5.04. The maximum Gasteiger partial charge on any atom is 0.161 e. The zero-order chi connectivity index (χ0) is 17.0. The maximum absolute atomic E-state index is 11.4. The van der Waals surface area contributed by atoms with E-state index in [2.05, 4.69) is 13.8 Å². The van der Waals surface area contributed by atoms with Crippen LogP contribution in [-0.4, -0.2) is 20.9 Å². The van der Waals surface area contributed by atoms with Crippen molar-refractivity contribution in [2.24, 2.45) is 11.3 Å². The summed E-state index contributed by atoms with van der Waals surface area (Å²) in [6.07, 6.45) is 5.20. The van der Waals surface area contributed by atoms with E-state index < -0.39 is 5.60 Å². The molecule has 2 aliphatic rings. The van der Waals surface area contributed by atoms with E-state index in [1.807, 2.05) is 19.9 Å². The summed E-state index contributed by atoms with van der Waals surface area (Å²) >= 11 is 0. The zero-order valence-electron chi connectivity index (χ0n) is 14.8. The van der Waals surface area contributed by atoms with Crippen molar-refractivity contribution < 1.29 is 15.3 Å². The molecule has 0 heterocycles. The van der Waals surface area contributed by atoms with E-state index in [9.17, 15) is 15.3 Å². The van der Waals surface area contributed by atoms with Gasteiger partial charge in [-0.25, -0.2) is 0 Å². The van der Waals surface area contributed by atoms with Crippen LogP contribution in [0.4, 0.5) is 0 Å². The average Bonchev–Trinajstić information content (AvgIpc) is 2.59. The molecule has 0 bridgehead atoms. The van der Waals surface area contributed by atoms with Crippen LogP contribution in [0.2, 0.25) is 0 Å². The summed E-state index contributed by atoms with van der Waals surface area (Å²) in [6, 6.07) is 2.04. The Morgan fingerprint density at radius 1 is 1.13 bits per heavy atom. The summed E-state index contributed by atoms with van der Waals surface area (Å²) in [6.45, 7) is 8.56. The molecule has 0 radical (unpaired) electrons. The van der Waals surface area contributed by atoms with Crippen molar-refractivity contribution in [2.75, 3.05) is 0 Å². The first-order valence-corrected chi connectivity index (χ1v) is 8.94. The third-order valence-electron chi connectivity index (χ3n) is 6.33. The lowest BCUT2D eigenvalue weighted by Crippen LogP contribution is -2.50. The number of aromatic hydroxyl groups is 2. The Hall–Kier alpha value is -1.22. The van der Waals surface area contributed by atoms with Gasteiger partial charge in [-0.05, 0) is 48.5 Å². The molecule has 0 aromatic heterocycles. The Morgan fingerprint density at radius 3 is 2.48 bits per heavy atom. The number of phenolic OH excluding ortho intramolecular Hbond substituents is 2. The van der Waals surface area contributed by atoms with Gasteiger partial charge in [0.05, 0.1) is 5.60 Å². The molecule has 1 aromatic carbocycles. The zero-order valence-corrected chi connectivity index (χ0v) is 14.8. The van der Waals surface area contributed by atoms with Gasteiger partial charge >= 0.3 is 0 Å². The molecule has 3 N–H and O–H groups in total. The van der Waals surface area contributed by atoms with Crippen LogP contribution in [0.1, 0.15) is 76.0 Å². The largest absolute Gasteiger partial charge is 0.504 e. The Kier molecular flexibility index (Phi) is 3.91. The van der Waals surface area contributed by atoms with E-state index in [-0.39, 0.29) is 28.7 Å².